The van der Waals surface area contributed by atoms with Gasteiger partial charge in [0.25, 0.3) is 0 Å². The van der Waals surface area contributed by atoms with E-state index < -0.39 is 0 Å². The van der Waals surface area contributed by atoms with Gasteiger partial charge in [0.2, 0.25) is 0 Å². The summed E-state index contributed by atoms with van der Waals surface area (Å²) in [5, 5.41) is 2.97. The highest BCUT2D eigenvalue weighted by Crippen LogP contribution is 2.31. The van der Waals surface area contributed by atoms with E-state index in [1.165, 1.54) is 28.8 Å². The van der Waals surface area contributed by atoms with Crippen LogP contribution in [0.25, 0.3) is 0 Å². The number of nitrogens with two attached hydrogens (primary N) is 1. The number of nitrogens with zero attached hydrogens (tertiary/aromatic N) is 3. The van der Waals surface area contributed by atoms with Gasteiger partial charge in [0.05, 0.1) is 12.6 Å². The van der Waals surface area contributed by atoms with Crippen LogP contribution in [-0.2, 0) is 13.0 Å². The minimum atomic E-state index is 0. The first-order valence-corrected chi connectivity index (χ1v) is 10.4. The van der Waals surface area contributed by atoms with Crippen LogP contribution in [0.15, 0.2) is 40.7 Å². The molecule has 2 aliphatic rings. The first-order chi connectivity index (χ1) is 12.6. The molecule has 0 amide bonds. The summed E-state index contributed by atoms with van der Waals surface area (Å²) in [5.74, 6) is 0.652. The predicted octanol–water partition coefficient (Wildman–Crippen LogP) is 4.53. The van der Waals surface area contributed by atoms with E-state index in [1.54, 1.807) is 0 Å². The number of thiophene rings is 1. The van der Waals surface area contributed by atoms with Crippen LogP contribution in [0, 0.1) is 0 Å². The minimum absolute atomic E-state index is 0. The van der Waals surface area contributed by atoms with Crippen LogP contribution in [0.3, 0.4) is 0 Å². The standard InChI is InChI=1S/C20H25ClN4S.HI/c1-24(17-6-7-17)20(22)23-12-18(14-2-4-16(21)5-3-14)25-10-8-19-15(13-25)9-11-26-19;/h2-5,9,11,17-18H,6-8,10,12-13H2,1H3,(H2,22,23);1H. The van der Waals surface area contributed by atoms with E-state index in [9.17, 15) is 0 Å². The number of rotatable bonds is 5. The SMILES string of the molecule is CN(C(N)=NCC(c1ccc(Cl)cc1)N1CCc2sccc2C1)C1CC1.I. The predicted molar refractivity (Wildman–Crippen MR) is 125 cm³/mol. The molecule has 2 aromatic rings. The van der Waals surface area contributed by atoms with Crippen LogP contribution in [-0.4, -0.2) is 41.9 Å². The summed E-state index contributed by atoms with van der Waals surface area (Å²) in [6.45, 7) is 2.69. The van der Waals surface area contributed by atoms with Crippen molar-refractivity contribution < 1.29 is 0 Å². The van der Waals surface area contributed by atoms with E-state index in [0.717, 1.165) is 24.5 Å². The van der Waals surface area contributed by atoms with E-state index in [-0.39, 0.29) is 30.0 Å². The van der Waals surface area contributed by atoms with Gasteiger partial charge in [0, 0.05) is 36.1 Å². The molecular weight excluding hydrogens is 491 g/mol. The Labute approximate surface area is 187 Å². The highest BCUT2D eigenvalue weighted by atomic mass is 127. The van der Waals surface area contributed by atoms with Gasteiger partial charge in [-0.05, 0) is 54.0 Å². The third-order valence-corrected chi connectivity index (χ3v) is 6.69. The van der Waals surface area contributed by atoms with Crippen LogP contribution in [0.4, 0.5) is 0 Å². The monoisotopic (exact) mass is 516 g/mol. The molecule has 4 rings (SSSR count). The second-order valence-electron chi connectivity index (χ2n) is 7.20. The topological polar surface area (TPSA) is 44.9 Å². The number of aliphatic imine (C=N–C) groups is 1. The van der Waals surface area contributed by atoms with Gasteiger partial charge in [-0.25, -0.2) is 0 Å². The highest BCUT2D eigenvalue weighted by Gasteiger charge is 2.28. The Morgan fingerprint density at radius 1 is 1.33 bits per heavy atom. The van der Waals surface area contributed by atoms with Crippen molar-refractivity contribution in [3.63, 3.8) is 0 Å². The largest absolute Gasteiger partial charge is 0.370 e. The molecule has 0 bridgehead atoms. The van der Waals surface area contributed by atoms with E-state index >= 15 is 0 Å². The molecule has 1 aromatic heterocycles. The lowest BCUT2D eigenvalue weighted by Gasteiger charge is -2.34. The molecule has 1 aromatic carbocycles. The Hall–Kier alpha value is -0.830. The maximum Gasteiger partial charge on any atom is 0.191 e. The Morgan fingerprint density at radius 3 is 2.78 bits per heavy atom. The zero-order chi connectivity index (χ0) is 18.1. The van der Waals surface area contributed by atoms with Crippen molar-refractivity contribution in [1.82, 2.24) is 9.80 Å². The molecular formula is C20H26ClIN4S. The molecule has 2 heterocycles. The lowest BCUT2D eigenvalue weighted by molar-refractivity contribution is 0.185. The molecule has 0 saturated heterocycles. The van der Waals surface area contributed by atoms with Gasteiger partial charge in [-0.3, -0.25) is 9.89 Å². The fourth-order valence-electron chi connectivity index (χ4n) is 3.59. The molecule has 4 nitrogen and oxygen atoms in total. The fraction of sp³-hybridized carbons (Fsp3) is 0.450. The van der Waals surface area contributed by atoms with Crippen molar-refractivity contribution >= 4 is 52.9 Å². The molecule has 1 aliphatic heterocycles. The Balaban J connectivity index is 0.00000210. The number of guanidine groups is 1. The van der Waals surface area contributed by atoms with Crippen molar-refractivity contribution in [2.45, 2.75) is 37.9 Å². The summed E-state index contributed by atoms with van der Waals surface area (Å²) >= 11 is 7.97. The Kier molecular flexibility index (Phi) is 7.05. The van der Waals surface area contributed by atoms with Gasteiger partial charge < -0.3 is 10.6 Å². The van der Waals surface area contributed by atoms with Crippen molar-refractivity contribution in [3.8, 4) is 0 Å². The van der Waals surface area contributed by atoms with Crippen LogP contribution in [0.1, 0.15) is 34.9 Å². The van der Waals surface area contributed by atoms with Crippen LogP contribution in [0.5, 0.6) is 0 Å². The van der Waals surface area contributed by atoms with Gasteiger partial charge in [0.15, 0.2) is 5.96 Å². The number of fused-ring (bicyclic) bond motifs is 1. The summed E-state index contributed by atoms with van der Waals surface area (Å²) < 4.78 is 0. The number of hydrogen-bond acceptors (Lipinski definition) is 3. The van der Waals surface area contributed by atoms with Gasteiger partial charge in [0.1, 0.15) is 0 Å². The summed E-state index contributed by atoms with van der Waals surface area (Å²) in [6, 6.07) is 11.2. The average Bonchev–Trinajstić information content (AvgIpc) is 3.40. The van der Waals surface area contributed by atoms with Crippen LogP contribution < -0.4 is 5.73 Å². The maximum absolute atomic E-state index is 6.24. The molecule has 27 heavy (non-hydrogen) atoms. The molecule has 1 fully saturated rings. The molecule has 1 unspecified atom stereocenters. The van der Waals surface area contributed by atoms with Crippen molar-refractivity contribution in [2.75, 3.05) is 20.1 Å². The number of benzene rings is 1. The van der Waals surface area contributed by atoms with Crippen LogP contribution >= 0.6 is 46.9 Å². The van der Waals surface area contributed by atoms with E-state index in [2.05, 4.69) is 33.4 Å². The van der Waals surface area contributed by atoms with Gasteiger partial charge in [-0.1, -0.05) is 23.7 Å². The van der Waals surface area contributed by atoms with Crippen molar-refractivity contribution in [3.05, 3.63) is 56.7 Å². The Morgan fingerprint density at radius 2 is 2.07 bits per heavy atom. The average molecular weight is 517 g/mol. The molecule has 1 atom stereocenters. The smallest absolute Gasteiger partial charge is 0.191 e. The second-order valence-corrected chi connectivity index (χ2v) is 8.63. The first-order valence-electron chi connectivity index (χ1n) is 9.19. The third-order valence-electron chi connectivity index (χ3n) is 5.41. The van der Waals surface area contributed by atoms with Gasteiger partial charge >= 0.3 is 0 Å². The third kappa shape index (κ3) is 4.96. The van der Waals surface area contributed by atoms with E-state index in [0.29, 0.717) is 18.5 Å². The number of hydrogen-bond donors (Lipinski definition) is 1. The summed E-state index contributed by atoms with van der Waals surface area (Å²) in [7, 11) is 2.05. The summed E-state index contributed by atoms with van der Waals surface area (Å²) in [5.41, 5.74) is 8.94. The number of halogens is 2. The van der Waals surface area contributed by atoms with Gasteiger partial charge in [-0.15, -0.1) is 35.3 Å². The fourth-order valence-corrected chi connectivity index (χ4v) is 4.61. The zero-order valence-electron chi connectivity index (χ0n) is 15.5. The molecule has 1 aliphatic carbocycles. The molecule has 0 radical (unpaired) electrons. The maximum atomic E-state index is 6.24. The summed E-state index contributed by atoms with van der Waals surface area (Å²) in [4.78, 5) is 10.9. The minimum Gasteiger partial charge on any atom is -0.370 e. The zero-order valence-corrected chi connectivity index (χ0v) is 19.4. The van der Waals surface area contributed by atoms with Crippen molar-refractivity contribution in [2.24, 2.45) is 10.7 Å². The molecule has 0 spiro atoms. The summed E-state index contributed by atoms with van der Waals surface area (Å²) in [6.07, 6.45) is 3.55. The highest BCUT2D eigenvalue weighted by molar-refractivity contribution is 14.0. The van der Waals surface area contributed by atoms with Gasteiger partial charge in [-0.2, -0.15) is 0 Å². The molecule has 1 saturated carbocycles. The second kappa shape index (κ2) is 9.11. The van der Waals surface area contributed by atoms with E-state index in [4.69, 9.17) is 22.3 Å². The lowest BCUT2D eigenvalue weighted by atomic mass is 10.0. The molecule has 146 valence electrons. The van der Waals surface area contributed by atoms with Crippen LogP contribution in [0.2, 0.25) is 5.02 Å². The van der Waals surface area contributed by atoms with Crippen molar-refractivity contribution in [1.29, 1.82) is 0 Å². The molecule has 2 N–H and O–H groups in total. The quantitative estimate of drug-likeness (QED) is 0.361. The first kappa shape index (κ1) is 20.9. The Bertz CT molecular complexity index is 788. The normalized spacial score (nSPS) is 18.5. The lowest BCUT2D eigenvalue weighted by Crippen LogP contribution is -2.38. The van der Waals surface area contributed by atoms with E-state index in [1.807, 2.05) is 30.5 Å². The molecule has 7 heteroatoms.